The predicted molar refractivity (Wildman–Crippen MR) is 110 cm³/mol. The molecule has 2 amide bonds. The number of amides is 2. The van der Waals surface area contributed by atoms with Gasteiger partial charge in [0.1, 0.15) is 5.69 Å². The van der Waals surface area contributed by atoms with Crippen LogP contribution in [0.1, 0.15) is 46.9 Å². The van der Waals surface area contributed by atoms with Crippen LogP contribution in [-0.2, 0) is 11.3 Å². The van der Waals surface area contributed by atoms with Gasteiger partial charge in [0, 0.05) is 25.3 Å². The van der Waals surface area contributed by atoms with E-state index < -0.39 is 5.91 Å². The van der Waals surface area contributed by atoms with Gasteiger partial charge in [0.05, 0.1) is 6.54 Å². The molecule has 7 nitrogen and oxygen atoms in total. The number of nitrogens with zero attached hydrogens (tertiary/aromatic N) is 3. The highest BCUT2D eigenvalue weighted by Gasteiger charge is 2.18. The van der Waals surface area contributed by atoms with E-state index in [9.17, 15) is 14.4 Å². The Morgan fingerprint density at radius 2 is 1.79 bits per heavy atom. The molecule has 2 aromatic rings. The van der Waals surface area contributed by atoms with Crippen LogP contribution < -0.4 is 10.9 Å². The minimum Gasteiger partial charge on any atom is -0.331 e. The lowest BCUT2D eigenvalue weighted by Gasteiger charge is -2.18. The van der Waals surface area contributed by atoms with Gasteiger partial charge in [0.2, 0.25) is 5.91 Å². The van der Waals surface area contributed by atoms with Gasteiger partial charge in [-0.15, -0.1) is 0 Å². The highest BCUT2D eigenvalue weighted by molar-refractivity contribution is 5.98. The Morgan fingerprint density at radius 3 is 2.39 bits per heavy atom. The van der Waals surface area contributed by atoms with E-state index in [1.807, 2.05) is 39.8 Å². The van der Waals surface area contributed by atoms with Gasteiger partial charge < -0.3 is 10.2 Å². The van der Waals surface area contributed by atoms with Crippen molar-refractivity contribution in [2.45, 2.75) is 47.1 Å². The number of carbonyl (C=O) groups is 2. The second kappa shape index (κ2) is 9.30. The summed E-state index contributed by atoms with van der Waals surface area (Å²) in [5.74, 6) is -0.692. The molecule has 0 bridgehead atoms. The summed E-state index contributed by atoms with van der Waals surface area (Å²) in [6, 6.07) is 6.74. The summed E-state index contributed by atoms with van der Waals surface area (Å²) in [7, 11) is 1.54. The van der Waals surface area contributed by atoms with Gasteiger partial charge in [-0.3, -0.25) is 14.4 Å². The number of benzene rings is 1. The highest BCUT2D eigenvalue weighted by Crippen LogP contribution is 2.21. The van der Waals surface area contributed by atoms with E-state index in [0.29, 0.717) is 6.54 Å². The number of hydrogen-bond acceptors (Lipinski definition) is 4. The molecule has 0 aliphatic carbocycles. The van der Waals surface area contributed by atoms with Crippen molar-refractivity contribution in [1.29, 1.82) is 0 Å². The van der Waals surface area contributed by atoms with Gasteiger partial charge in [0.15, 0.2) is 0 Å². The van der Waals surface area contributed by atoms with Crippen molar-refractivity contribution in [2.75, 3.05) is 18.9 Å². The molecule has 28 heavy (non-hydrogen) atoms. The number of unbranched alkanes of at least 4 members (excludes halogenated alkanes) is 1. The fourth-order valence-electron chi connectivity index (χ4n) is 3.07. The first-order valence-electron chi connectivity index (χ1n) is 9.44. The van der Waals surface area contributed by atoms with Crippen molar-refractivity contribution in [2.24, 2.45) is 0 Å². The second-order valence-electron chi connectivity index (χ2n) is 7.12. The van der Waals surface area contributed by atoms with Crippen molar-refractivity contribution >= 4 is 17.5 Å². The Kier molecular flexibility index (Phi) is 7.09. The van der Waals surface area contributed by atoms with Crippen molar-refractivity contribution in [3.05, 3.63) is 57.0 Å². The first kappa shape index (κ1) is 21.3. The zero-order valence-electron chi connectivity index (χ0n) is 17.2. The van der Waals surface area contributed by atoms with E-state index in [4.69, 9.17) is 0 Å². The summed E-state index contributed by atoms with van der Waals surface area (Å²) >= 11 is 0. The highest BCUT2D eigenvalue weighted by atomic mass is 16.2. The summed E-state index contributed by atoms with van der Waals surface area (Å²) in [4.78, 5) is 38.2. The molecule has 0 aliphatic rings. The largest absolute Gasteiger partial charge is 0.331 e. The minimum absolute atomic E-state index is 0.110. The summed E-state index contributed by atoms with van der Waals surface area (Å²) in [6.45, 7) is 8.25. The number of nitrogens with one attached hydrogen (secondary N) is 1. The molecule has 0 radical (unpaired) electrons. The first-order valence-corrected chi connectivity index (χ1v) is 9.44. The maximum atomic E-state index is 12.6. The van der Waals surface area contributed by atoms with Crippen LogP contribution in [0.2, 0.25) is 0 Å². The molecule has 0 spiro atoms. The fourth-order valence-corrected chi connectivity index (χ4v) is 3.07. The van der Waals surface area contributed by atoms with E-state index >= 15 is 0 Å². The lowest BCUT2D eigenvalue weighted by atomic mass is 10.1. The normalized spacial score (nSPS) is 10.6. The lowest BCUT2D eigenvalue weighted by molar-refractivity contribution is -0.116. The molecule has 0 unspecified atom stereocenters. The fraction of sp³-hybridized carbons (Fsp3) is 0.429. The van der Waals surface area contributed by atoms with E-state index in [1.165, 1.54) is 21.7 Å². The van der Waals surface area contributed by atoms with Crippen molar-refractivity contribution < 1.29 is 9.59 Å². The van der Waals surface area contributed by atoms with Crippen LogP contribution in [0.3, 0.4) is 0 Å². The van der Waals surface area contributed by atoms with Gasteiger partial charge in [-0.25, -0.2) is 4.68 Å². The molecule has 0 saturated heterocycles. The predicted octanol–water partition coefficient (Wildman–Crippen LogP) is 2.68. The van der Waals surface area contributed by atoms with Crippen LogP contribution in [-0.4, -0.2) is 40.1 Å². The third kappa shape index (κ3) is 5.28. The third-order valence-corrected chi connectivity index (χ3v) is 4.48. The Balaban J connectivity index is 2.08. The molecule has 150 valence electrons. The molecule has 2 rings (SSSR count). The standard InChI is InChI=1S/C21H28N4O3/c1-6-7-10-25-19(27)9-8-17(23-25)21(28)24(5)13-18(26)22-20-15(3)11-14(2)12-16(20)4/h8-9,11-12H,6-7,10,13H2,1-5H3,(H,22,26). The maximum absolute atomic E-state index is 12.6. The van der Waals surface area contributed by atoms with Crippen LogP contribution in [0.25, 0.3) is 0 Å². The van der Waals surface area contributed by atoms with E-state index in [0.717, 1.165) is 35.2 Å². The average Bonchev–Trinajstić information content (AvgIpc) is 2.63. The monoisotopic (exact) mass is 384 g/mol. The molecule has 7 heteroatoms. The number of aromatic nitrogens is 2. The summed E-state index contributed by atoms with van der Waals surface area (Å²) in [5.41, 5.74) is 3.76. The van der Waals surface area contributed by atoms with E-state index in [2.05, 4.69) is 10.4 Å². The van der Waals surface area contributed by atoms with Crippen LogP contribution in [0.5, 0.6) is 0 Å². The molecule has 0 fully saturated rings. The molecule has 0 saturated carbocycles. The Bertz CT molecular complexity index is 910. The van der Waals surface area contributed by atoms with Crippen LogP contribution in [0.15, 0.2) is 29.1 Å². The van der Waals surface area contributed by atoms with Crippen LogP contribution in [0, 0.1) is 20.8 Å². The number of anilines is 1. The summed E-state index contributed by atoms with van der Waals surface area (Å²) < 4.78 is 1.30. The van der Waals surface area contributed by atoms with Gasteiger partial charge in [0.25, 0.3) is 11.5 Å². The zero-order chi connectivity index (χ0) is 20.8. The van der Waals surface area contributed by atoms with Gasteiger partial charge >= 0.3 is 0 Å². The van der Waals surface area contributed by atoms with Crippen LogP contribution >= 0.6 is 0 Å². The van der Waals surface area contributed by atoms with E-state index in [1.54, 1.807) is 7.05 Å². The smallest absolute Gasteiger partial charge is 0.274 e. The summed E-state index contributed by atoms with van der Waals surface area (Å²) in [6.07, 6.45) is 1.72. The molecule has 1 N–H and O–H groups in total. The summed E-state index contributed by atoms with van der Waals surface area (Å²) in [5, 5.41) is 7.02. The average molecular weight is 384 g/mol. The molecule has 0 atom stereocenters. The lowest BCUT2D eigenvalue weighted by Crippen LogP contribution is -2.36. The quantitative estimate of drug-likeness (QED) is 0.795. The van der Waals surface area contributed by atoms with E-state index in [-0.39, 0.29) is 23.7 Å². The molecule has 1 heterocycles. The van der Waals surface area contributed by atoms with Gasteiger partial charge in [-0.1, -0.05) is 31.0 Å². The Morgan fingerprint density at radius 1 is 1.14 bits per heavy atom. The maximum Gasteiger partial charge on any atom is 0.274 e. The third-order valence-electron chi connectivity index (χ3n) is 4.48. The molecule has 1 aromatic heterocycles. The molecule has 1 aromatic carbocycles. The zero-order valence-corrected chi connectivity index (χ0v) is 17.2. The topological polar surface area (TPSA) is 84.3 Å². The van der Waals surface area contributed by atoms with Gasteiger partial charge in [-0.2, -0.15) is 5.10 Å². The molecule has 0 aliphatic heterocycles. The SMILES string of the molecule is CCCCn1nc(C(=O)N(C)CC(=O)Nc2c(C)cc(C)cc2C)ccc1=O. The molecular weight excluding hydrogens is 356 g/mol. The minimum atomic E-state index is -0.405. The number of likely N-dealkylation sites (N-methyl/N-ethyl adjacent to an activating group) is 1. The van der Waals surface area contributed by atoms with Crippen molar-refractivity contribution in [3.63, 3.8) is 0 Å². The Labute approximate surface area is 165 Å². The van der Waals surface area contributed by atoms with Gasteiger partial charge in [-0.05, 0) is 44.4 Å². The number of carbonyl (C=O) groups excluding carboxylic acids is 2. The Hall–Kier alpha value is -2.96. The van der Waals surface area contributed by atoms with Crippen molar-refractivity contribution in [1.82, 2.24) is 14.7 Å². The first-order chi connectivity index (χ1) is 13.2. The second-order valence-corrected chi connectivity index (χ2v) is 7.12. The van der Waals surface area contributed by atoms with Crippen molar-refractivity contribution in [3.8, 4) is 0 Å². The molecular formula is C21H28N4O3. The number of hydrogen-bond donors (Lipinski definition) is 1. The number of rotatable bonds is 7. The number of aryl methyl sites for hydroxylation is 4. The van der Waals surface area contributed by atoms with Crippen LogP contribution in [0.4, 0.5) is 5.69 Å².